The monoisotopic (exact) mass is 270 g/mol. The first-order valence-corrected chi connectivity index (χ1v) is 6.73. The van der Waals surface area contributed by atoms with E-state index in [2.05, 4.69) is 0 Å². The molecule has 0 fully saturated rings. The van der Waals surface area contributed by atoms with Gasteiger partial charge in [0.15, 0.2) is 5.78 Å². The number of carbonyl (C=O) groups excluding carboxylic acids is 1. The maximum absolute atomic E-state index is 12.0. The van der Waals surface area contributed by atoms with Gasteiger partial charge < -0.3 is 9.47 Å². The lowest BCUT2D eigenvalue weighted by Crippen LogP contribution is -2.06. The van der Waals surface area contributed by atoms with Crippen LogP contribution in [0.1, 0.15) is 23.7 Å². The Bertz CT molecular complexity index is 532. The van der Waals surface area contributed by atoms with Crippen molar-refractivity contribution in [2.24, 2.45) is 0 Å². The average Bonchev–Trinajstić information content (AvgIpc) is 2.49. The van der Waals surface area contributed by atoms with Crippen molar-refractivity contribution in [1.29, 1.82) is 0 Å². The highest BCUT2D eigenvalue weighted by atomic mass is 16.5. The lowest BCUT2D eigenvalue weighted by Gasteiger charge is -2.06. The summed E-state index contributed by atoms with van der Waals surface area (Å²) in [6.07, 6.45) is 0.364. The number of hydrogen-bond acceptors (Lipinski definition) is 3. The molecule has 0 aromatic heterocycles. The van der Waals surface area contributed by atoms with E-state index in [0.29, 0.717) is 25.2 Å². The number of rotatable bonds is 7. The van der Waals surface area contributed by atoms with Crippen LogP contribution >= 0.6 is 0 Å². The first kappa shape index (κ1) is 14.1. The molecule has 2 aromatic rings. The summed E-state index contributed by atoms with van der Waals surface area (Å²) < 4.78 is 10.9. The van der Waals surface area contributed by atoms with Crippen molar-refractivity contribution in [3.05, 3.63) is 60.2 Å². The molecule has 0 aliphatic carbocycles. The van der Waals surface area contributed by atoms with Crippen LogP contribution in [-0.4, -0.2) is 19.0 Å². The summed E-state index contributed by atoms with van der Waals surface area (Å²) in [4.78, 5) is 12.0. The molecule has 0 N–H and O–H groups in total. The summed E-state index contributed by atoms with van der Waals surface area (Å²) in [6.45, 7) is 2.94. The Balaban J connectivity index is 1.82. The van der Waals surface area contributed by atoms with E-state index in [9.17, 15) is 4.79 Å². The maximum atomic E-state index is 12.0. The Labute approximate surface area is 119 Å². The van der Waals surface area contributed by atoms with Crippen molar-refractivity contribution >= 4 is 5.78 Å². The van der Waals surface area contributed by atoms with E-state index in [0.717, 1.165) is 11.5 Å². The van der Waals surface area contributed by atoms with Crippen molar-refractivity contribution < 1.29 is 14.3 Å². The summed E-state index contributed by atoms with van der Waals surface area (Å²) in [5.41, 5.74) is 0.685. The third-order valence-corrected chi connectivity index (χ3v) is 2.83. The molecule has 0 unspecified atom stereocenters. The summed E-state index contributed by atoms with van der Waals surface area (Å²) in [7, 11) is 0. The first-order chi connectivity index (χ1) is 9.79. The number of ether oxygens (including phenoxy) is 2. The van der Waals surface area contributed by atoms with E-state index < -0.39 is 0 Å². The Kier molecular flexibility index (Phi) is 5.18. The standard InChI is InChI=1S/C17H18O3/c1-2-19-16-10-8-14(9-11-16)17(18)12-13-20-15-6-4-3-5-7-15/h3-11H,2,12-13H2,1H3. The summed E-state index contributed by atoms with van der Waals surface area (Å²) in [5.74, 6) is 1.64. The minimum Gasteiger partial charge on any atom is -0.494 e. The fraction of sp³-hybridized carbons (Fsp3) is 0.235. The van der Waals surface area contributed by atoms with Gasteiger partial charge in [-0.25, -0.2) is 0 Å². The van der Waals surface area contributed by atoms with Crippen LogP contribution < -0.4 is 9.47 Å². The molecule has 0 aliphatic heterocycles. The molecule has 0 saturated carbocycles. The lowest BCUT2D eigenvalue weighted by molar-refractivity contribution is 0.0962. The van der Waals surface area contributed by atoms with Gasteiger partial charge in [0, 0.05) is 12.0 Å². The maximum Gasteiger partial charge on any atom is 0.166 e. The third-order valence-electron chi connectivity index (χ3n) is 2.83. The minimum atomic E-state index is 0.0731. The molecular formula is C17H18O3. The lowest BCUT2D eigenvalue weighted by atomic mass is 10.1. The zero-order valence-electron chi connectivity index (χ0n) is 11.5. The molecule has 0 aliphatic rings. The van der Waals surface area contributed by atoms with E-state index in [-0.39, 0.29) is 5.78 Å². The molecule has 0 spiro atoms. The van der Waals surface area contributed by atoms with Crippen molar-refractivity contribution in [1.82, 2.24) is 0 Å². The number of Topliss-reactive ketones (excluding diaryl/α,β-unsaturated/α-hetero) is 1. The molecule has 0 bridgehead atoms. The van der Waals surface area contributed by atoms with Gasteiger partial charge in [0.1, 0.15) is 11.5 Å². The van der Waals surface area contributed by atoms with E-state index in [1.54, 1.807) is 12.1 Å². The molecule has 20 heavy (non-hydrogen) atoms. The van der Waals surface area contributed by atoms with Crippen LogP contribution in [0.15, 0.2) is 54.6 Å². The van der Waals surface area contributed by atoms with Crippen LogP contribution in [0.5, 0.6) is 11.5 Å². The second kappa shape index (κ2) is 7.34. The second-order valence-corrected chi connectivity index (χ2v) is 4.29. The Morgan fingerprint density at radius 2 is 1.55 bits per heavy atom. The van der Waals surface area contributed by atoms with Gasteiger partial charge in [-0.1, -0.05) is 18.2 Å². The molecule has 0 amide bonds. The van der Waals surface area contributed by atoms with E-state index >= 15 is 0 Å². The van der Waals surface area contributed by atoms with E-state index in [4.69, 9.17) is 9.47 Å². The molecule has 2 rings (SSSR count). The highest BCUT2D eigenvalue weighted by Gasteiger charge is 2.06. The number of carbonyl (C=O) groups is 1. The van der Waals surface area contributed by atoms with E-state index in [1.807, 2.05) is 49.4 Å². The van der Waals surface area contributed by atoms with Gasteiger partial charge in [0.05, 0.1) is 13.2 Å². The first-order valence-electron chi connectivity index (χ1n) is 6.73. The average molecular weight is 270 g/mol. The zero-order chi connectivity index (χ0) is 14.2. The largest absolute Gasteiger partial charge is 0.494 e. The molecule has 3 nitrogen and oxygen atoms in total. The summed E-state index contributed by atoms with van der Waals surface area (Å²) >= 11 is 0. The number of ketones is 1. The second-order valence-electron chi connectivity index (χ2n) is 4.29. The zero-order valence-corrected chi connectivity index (χ0v) is 11.5. The summed E-state index contributed by atoms with van der Waals surface area (Å²) in [5, 5.41) is 0. The topological polar surface area (TPSA) is 35.5 Å². The Hall–Kier alpha value is -2.29. The molecule has 2 aromatic carbocycles. The number of hydrogen-bond donors (Lipinski definition) is 0. The number of benzene rings is 2. The van der Waals surface area contributed by atoms with Crippen LogP contribution in [0, 0.1) is 0 Å². The Morgan fingerprint density at radius 3 is 2.20 bits per heavy atom. The molecule has 3 heteroatoms. The third kappa shape index (κ3) is 4.12. The van der Waals surface area contributed by atoms with Gasteiger partial charge in [0.2, 0.25) is 0 Å². The van der Waals surface area contributed by atoms with Crippen LogP contribution in [0.4, 0.5) is 0 Å². The van der Waals surface area contributed by atoms with Crippen molar-refractivity contribution in [2.75, 3.05) is 13.2 Å². The highest BCUT2D eigenvalue weighted by molar-refractivity contribution is 5.96. The van der Waals surface area contributed by atoms with Crippen molar-refractivity contribution in [3.8, 4) is 11.5 Å². The van der Waals surface area contributed by atoms with Crippen LogP contribution in [-0.2, 0) is 0 Å². The van der Waals surface area contributed by atoms with Crippen LogP contribution in [0.2, 0.25) is 0 Å². The molecule has 0 atom stereocenters. The van der Waals surface area contributed by atoms with Gasteiger partial charge in [-0.15, -0.1) is 0 Å². The fourth-order valence-corrected chi connectivity index (χ4v) is 1.83. The molecule has 104 valence electrons. The number of para-hydroxylation sites is 1. The van der Waals surface area contributed by atoms with Crippen LogP contribution in [0.25, 0.3) is 0 Å². The van der Waals surface area contributed by atoms with Gasteiger partial charge in [-0.05, 0) is 43.3 Å². The van der Waals surface area contributed by atoms with Crippen molar-refractivity contribution in [3.63, 3.8) is 0 Å². The predicted octanol–water partition coefficient (Wildman–Crippen LogP) is 3.74. The molecule has 0 saturated heterocycles. The van der Waals surface area contributed by atoms with Crippen molar-refractivity contribution in [2.45, 2.75) is 13.3 Å². The molecule has 0 radical (unpaired) electrons. The predicted molar refractivity (Wildman–Crippen MR) is 78.5 cm³/mol. The summed E-state index contributed by atoms with van der Waals surface area (Å²) in [6, 6.07) is 16.7. The Morgan fingerprint density at radius 1 is 0.900 bits per heavy atom. The van der Waals surface area contributed by atoms with Gasteiger partial charge in [-0.2, -0.15) is 0 Å². The molecule has 0 heterocycles. The van der Waals surface area contributed by atoms with Gasteiger partial charge >= 0.3 is 0 Å². The minimum absolute atomic E-state index is 0.0731. The van der Waals surface area contributed by atoms with Gasteiger partial charge in [0.25, 0.3) is 0 Å². The SMILES string of the molecule is CCOc1ccc(C(=O)CCOc2ccccc2)cc1. The van der Waals surface area contributed by atoms with Gasteiger partial charge in [-0.3, -0.25) is 4.79 Å². The fourth-order valence-electron chi connectivity index (χ4n) is 1.83. The molecular weight excluding hydrogens is 252 g/mol. The normalized spacial score (nSPS) is 10.1. The highest BCUT2D eigenvalue weighted by Crippen LogP contribution is 2.14. The quantitative estimate of drug-likeness (QED) is 0.719. The smallest absolute Gasteiger partial charge is 0.166 e. The van der Waals surface area contributed by atoms with E-state index in [1.165, 1.54) is 0 Å². The van der Waals surface area contributed by atoms with Crippen LogP contribution in [0.3, 0.4) is 0 Å².